The van der Waals surface area contributed by atoms with Gasteiger partial charge in [-0.25, -0.2) is 0 Å². The van der Waals surface area contributed by atoms with E-state index in [0.29, 0.717) is 31.9 Å². The molecule has 19 heavy (non-hydrogen) atoms. The summed E-state index contributed by atoms with van der Waals surface area (Å²) in [6, 6.07) is 0. The van der Waals surface area contributed by atoms with Crippen LogP contribution >= 0.6 is 0 Å². The highest BCUT2D eigenvalue weighted by molar-refractivity contribution is 6.06. The summed E-state index contributed by atoms with van der Waals surface area (Å²) in [4.78, 5) is 12.3. The van der Waals surface area contributed by atoms with Crippen LogP contribution in [0.15, 0.2) is 5.16 Å². The van der Waals surface area contributed by atoms with E-state index in [9.17, 15) is 4.79 Å². The van der Waals surface area contributed by atoms with Crippen molar-refractivity contribution in [1.29, 1.82) is 0 Å². The second-order valence-corrected chi connectivity index (χ2v) is 5.07. The SMILES string of the molecule is CCC(CC)(C(=O)NCC1CCCOC1)C(N)=NO. The molecule has 1 aliphatic rings. The molecule has 0 saturated carbocycles. The van der Waals surface area contributed by atoms with Gasteiger partial charge in [-0.05, 0) is 31.6 Å². The van der Waals surface area contributed by atoms with Crippen molar-refractivity contribution in [2.45, 2.75) is 39.5 Å². The van der Waals surface area contributed by atoms with Crippen molar-refractivity contribution >= 4 is 11.7 Å². The van der Waals surface area contributed by atoms with Crippen LogP contribution in [0.4, 0.5) is 0 Å². The lowest BCUT2D eigenvalue weighted by molar-refractivity contribution is -0.128. The first-order chi connectivity index (χ1) is 9.10. The number of hydrogen-bond acceptors (Lipinski definition) is 4. The number of nitrogens with one attached hydrogen (secondary N) is 1. The van der Waals surface area contributed by atoms with Crippen molar-refractivity contribution in [1.82, 2.24) is 5.32 Å². The van der Waals surface area contributed by atoms with E-state index in [2.05, 4.69) is 10.5 Å². The van der Waals surface area contributed by atoms with E-state index in [0.717, 1.165) is 19.4 Å². The lowest BCUT2D eigenvalue weighted by Gasteiger charge is -2.30. The third-order valence-electron chi connectivity index (χ3n) is 4.05. The highest BCUT2D eigenvalue weighted by Crippen LogP contribution is 2.27. The molecule has 6 heteroatoms. The number of nitrogens with two attached hydrogens (primary N) is 1. The summed E-state index contributed by atoms with van der Waals surface area (Å²) in [6.07, 6.45) is 3.11. The van der Waals surface area contributed by atoms with Crippen molar-refractivity contribution in [2.24, 2.45) is 22.2 Å². The predicted molar refractivity (Wildman–Crippen MR) is 73.0 cm³/mol. The van der Waals surface area contributed by atoms with Gasteiger partial charge >= 0.3 is 0 Å². The number of amides is 1. The Morgan fingerprint density at radius 1 is 1.53 bits per heavy atom. The summed E-state index contributed by atoms with van der Waals surface area (Å²) in [7, 11) is 0. The highest BCUT2D eigenvalue weighted by Gasteiger charge is 2.39. The Morgan fingerprint density at radius 3 is 2.68 bits per heavy atom. The standard InChI is InChI=1S/C13H25N3O3/c1-3-13(4-2,11(14)16-18)12(17)15-8-10-6-5-7-19-9-10/h10,18H,3-9H2,1-2H3,(H2,14,16)(H,15,17). The Morgan fingerprint density at radius 2 is 2.21 bits per heavy atom. The molecule has 0 aromatic carbocycles. The third-order valence-corrected chi connectivity index (χ3v) is 4.05. The summed E-state index contributed by atoms with van der Waals surface area (Å²) in [5.74, 6) is 0.171. The molecule has 0 aliphatic carbocycles. The Hall–Kier alpha value is -1.30. The van der Waals surface area contributed by atoms with Gasteiger partial charge in [0.25, 0.3) is 0 Å². The summed E-state index contributed by atoms with van der Waals surface area (Å²) in [6.45, 7) is 5.81. The number of carbonyl (C=O) groups excluding carboxylic acids is 1. The van der Waals surface area contributed by atoms with E-state index in [1.807, 2.05) is 13.8 Å². The Labute approximate surface area is 114 Å². The first-order valence-corrected chi connectivity index (χ1v) is 6.94. The molecular weight excluding hydrogens is 246 g/mol. The van der Waals surface area contributed by atoms with Gasteiger partial charge in [-0.3, -0.25) is 4.79 Å². The first kappa shape index (κ1) is 15.8. The molecule has 0 aromatic heterocycles. The fourth-order valence-electron chi connectivity index (χ4n) is 2.52. The van der Waals surface area contributed by atoms with Gasteiger partial charge in [-0.1, -0.05) is 19.0 Å². The maximum atomic E-state index is 12.3. The molecule has 1 atom stereocenters. The molecule has 1 aliphatic heterocycles. The predicted octanol–water partition coefficient (Wildman–Crippen LogP) is 1.08. The molecule has 1 heterocycles. The molecule has 6 nitrogen and oxygen atoms in total. The Kier molecular flexibility index (Phi) is 6.08. The number of amidine groups is 1. The zero-order chi connectivity index (χ0) is 14.3. The molecule has 0 bridgehead atoms. The van der Waals surface area contributed by atoms with Gasteiger partial charge in [0.15, 0.2) is 5.84 Å². The largest absolute Gasteiger partial charge is 0.409 e. The van der Waals surface area contributed by atoms with Gasteiger partial charge in [0, 0.05) is 13.2 Å². The number of oxime groups is 1. The molecule has 110 valence electrons. The van der Waals surface area contributed by atoms with Crippen molar-refractivity contribution in [3.05, 3.63) is 0 Å². The first-order valence-electron chi connectivity index (χ1n) is 6.94. The molecule has 1 amide bonds. The van der Waals surface area contributed by atoms with Gasteiger partial charge in [-0.15, -0.1) is 0 Å². The molecule has 0 aromatic rings. The zero-order valence-electron chi connectivity index (χ0n) is 11.8. The van der Waals surface area contributed by atoms with E-state index < -0.39 is 5.41 Å². The van der Waals surface area contributed by atoms with Crippen LogP contribution in [0.25, 0.3) is 0 Å². The van der Waals surface area contributed by atoms with Gasteiger partial charge in [0.1, 0.15) is 5.41 Å². The second-order valence-electron chi connectivity index (χ2n) is 5.07. The molecule has 4 N–H and O–H groups in total. The van der Waals surface area contributed by atoms with Gasteiger partial charge in [0.2, 0.25) is 5.91 Å². The topological polar surface area (TPSA) is 96.9 Å². The Bertz CT molecular complexity index is 321. The smallest absolute Gasteiger partial charge is 0.233 e. The van der Waals surface area contributed by atoms with E-state index in [1.54, 1.807) is 0 Å². The average Bonchev–Trinajstić information content (AvgIpc) is 2.47. The zero-order valence-corrected chi connectivity index (χ0v) is 11.8. The highest BCUT2D eigenvalue weighted by atomic mass is 16.5. The van der Waals surface area contributed by atoms with Crippen LogP contribution in [0.5, 0.6) is 0 Å². The molecule has 1 rings (SSSR count). The van der Waals surface area contributed by atoms with Crippen LogP contribution in [0.1, 0.15) is 39.5 Å². The molecular formula is C13H25N3O3. The Balaban J connectivity index is 2.62. The van der Waals surface area contributed by atoms with Crippen LogP contribution in [0.2, 0.25) is 0 Å². The van der Waals surface area contributed by atoms with Crippen molar-refractivity contribution in [3.8, 4) is 0 Å². The fraction of sp³-hybridized carbons (Fsp3) is 0.846. The molecule has 1 unspecified atom stereocenters. The van der Waals surface area contributed by atoms with Crippen LogP contribution in [-0.4, -0.2) is 36.7 Å². The van der Waals surface area contributed by atoms with Crippen molar-refractivity contribution < 1.29 is 14.7 Å². The monoisotopic (exact) mass is 271 g/mol. The maximum absolute atomic E-state index is 12.3. The molecule has 1 fully saturated rings. The lowest BCUT2D eigenvalue weighted by Crippen LogP contribution is -2.50. The molecule has 0 spiro atoms. The summed E-state index contributed by atoms with van der Waals surface area (Å²) < 4.78 is 5.38. The molecule has 1 saturated heterocycles. The normalized spacial score (nSPS) is 21.2. The number of hydrogen-bond donors (Lipinski definition) is 3. The van der Waals surface area contributed by atoms with Crippen molar-refractivity contribution in [3.63, 3.8) is 0 Å². The van der Waals surface area contributed by atoms with Crippen LogP contribution in [0.3, 0.4) is 0 Å². The van der Waals surface area contributed by atoms with Crippen LogP contribution < -0.4 is 11.1 Å². The number of carbonyl (C=O) groups is 1. The second kappa shape index (κ2) is 7.33. The number of nitrogens with zero attached hydrogens (tertiary/aromatic N) is 1. The summed E-state index contributed by atoms with van der Waals surface area (Å²) in [5, 5.41) is 14.8. The molecule has 0 radical (unpaired) electrons. The minimum absolute atomic E-state index is 0.0186. The van der Waals surface area contributed by atoms with E-state index in [-0.39, 0.29) is 11.7 Å². The summed E-state index contributed by atoms with van der Waals surface area (Å²) >= 11 is 0. The fourth-order valence-corrected chi connectivity index (χ4v) is 2.52. The van der Waals surface area contributed by atoms with Gasteiger partial charge in [0.05, 0.1) is 6.61 Å². The van der Waals surface area contributed by atoms with E-state index in [4.69, 9.17) is 15.7 Å². The minimum atomic E-state index is -0.912. The third kappa shape index (κ3) is 3.59. The average molecular weight is 271 g/mol. The van der Waals surface area contributed by atoms with Gasteiger partial charge in [-0.2, -0.15) is 0 Å². The van der Waals surface area contributed by atoms with E-state index in [1.165, 1.54) is 0 Å². The number of rotatable bonds is 6. The minimum Gasteiger partial charge on any atom is -0.409 e. The summed E-state index contributed by atoms with van der Waals surface area (Å²) in [5.41, 5.74) is 4.78. The van der Waals surface area contributed by atoms with Crippen molar-refractivity contribution in [2.75, 3.05) is 19.8 Å². The quantitative estimate of drug-likeness (QED) is 0.291. The van der Waals surface area contributed by atoms with Crippen LogP contribution in [-0.2, 0) is 9.53 Å². The van der Waals surface area contributed by atoms with Gasteiger partial charge < -0.3 is 21.0 Å². The maximum Gasteiger partial charge on any atom is 0.233 e. The van der Waals surface area contributed by atoms with Crippen LogP contribution in [0, 0.1) is 11.3 Å². The number of ether oxygens (including phenoxy) is 1. The lowest BCUT2D eigenvalue weighted by atomic mass is 9.80. The van der Waals surface area contributed by atoms with E-state index >= 15 is 0 Å².